The van der Waals surface area contributed by atoms with Gasteiger partial charge < -0.3 is 23.9 Å². The van der Waals surface area contributed by atoms with Gasteiger partial charge in [0.15, 0.2) is 18.1 Å². The molecule has 3 rings (SSSR count). The monoisotopic (exact) mass is 480 g/mol. The summed E-state index contributed by atoms with van der Waals surface area (Å²) in [4.78, 5) is 38.9. The summed E-state index contributed by atoms with van der Waals surface area (Å²) in [6, 6.07) is 4.13. The SMILES string of the molecule is COC(=O)c1c(C)[nH]c(C(=O)COC(=O)CNS(=O)(=O)c2ccc3c(c2)OCCCO3)c1C. The highest BCUT2D eigenvalue weighted by atomic mass is 32.2. The summed E-state index contributed by atoms with van der Waals surface area (Å²) in [5.74, 6) is -1.39. The van der Waals surface area contributed by atoms with Gasteiger partial charge in [-0.15, -0.1) is 0 Å². The smallest absolute Gasteiger partial charge is 0.339 e. The molecule has 178 valence electrons. The Bertz CT molecular complexity index is 1180. The number of hydrogen-bond acceptors (Lipinski definition) is 9. The minimum absolute atomic E-state index is 0.105. The number of aromatic amines is 1. The van der Waals surface area contributed by atoms with Crippen molar-refractivity contribution >= 4 is 27.7 Å². The Labute approximate surface area is 190 Å². The van der Waals surface area contributed by atoms with Crippen molar-refractivity contribution in [2.45, 2.75) is 25.2 Å². The third kappa shape index (κ3) is 5.52. The Morgan fingerprint density at radius 1 is 1.12 bits per heavy atom. The largest absolute Gasteiger partial charge is 0.490 e. The molecule has 12 heteroatoms. The molecule has 0 saturated heterocycles. The van der Waals surface area contributed by atoms with Crippen molar-refractivity contribution in [3.8, 4) is 11.5 Å². The van der Waals surface area contributed by atoms with Gasteiger partial charge in [-0.3, -0.25) is 9.59 Å². The number of benzene rings is 1. The first-order valence-corrected chi connectivity index (χ1v) is 11.5. The molecule has 0 aliphatic carbocycles. The predicted molar refractivity (Wildman–Crippen MR) is 114 cm³/mol. The van der Waals surface area contributed by atoms with Gasteiger partial charge in [0.2, 0.25) is 15.8 Å². The minimum Gasteiger partial charge on any atom is -0.490 e. The molecule has 0 bridgehead atoms. The first kappa shape index (κ1) is 24.3. The molecule has 2 heterocycles. The Morgan fingerprint density at radius 3 is 2.52 bits per heavy atom. The number of carbonyl (C=O) groups is 3. The second-order valence-corrected chi connectivity index (χ2v) is 8.95. The summed E-state index contributed by atoms with van der Waals surface area (Å²) >= 11 is 0. The van der Waals surface area contributed by atoms with E-state index in [0.717, 1.165) is 0 Å². The number of aromatic nitrogens is 1. The molecule has 0 fully saturated rings. The fourth-order valence-electron chi connectivity index (χ4n) is 3.25. The molecule has 1 aromatic heterocycles. The van der Waals surface area contributed by atoms with Crippen LogP contribution < -0.4 is 14.2 Å². The van der Waals surface area contributed by atoms with E-state index < -0.39 is 40.9 Å². The molecule has 2 N–H and O–H groups in total. The minimum atomic E-state index is -4.04. The Morgan fingerprint density at radius 2 is 1.82 bits per heavy atom. The number of ketones is 1. The summed E-state index contributed by atoms with van der Waals surface area (Å²) in [5.41, 5.74) is 1.15. The molecule has 33 heavy (non-hydrogen) atoms. The van der Waals surface area contributed by atoms with Gasteiger partial charge in [-0.05, 0) is 31.5 Å². The van der Waals surface area contributed by atoms with Crippen molar-refractivity contribution in [1.82, 2.24) is 9.71 Å². The van der Waals surface area contributed by atoms with Crippen LogP contribution in [-0.4, -0.2) is 64.6 Å². The number of H-pyrrole nitrogens is 1. The van der Waals surface area contributed by atoms with Gasteiger partial charge in [0, 0.05) is 18.2 Å². The number of fused-ring (bicyclic) bond motifs is 1. The van der Waals surface area contributed by atoms with Crippen LogP contribution in [0.4, 0.5) is 0 Å². The number of sulfonamides is 1. The molecule has 0 radical (unpaired) electrons. The van der Waals surface area contributed by atoms with Crippen LogP contribution in [0.1, 0.15) is 38.5 Å². The molecule has 0 saturated carbocycles. The van der Waals surface area contributed by atoms with Gasteiger partial charge in [-0.25, -0.2) is 13.2 Å². The van der Waals surface area contributed by atoms with E-state index in [4.69, 9.17) is 18.9 Å². The van der Waals surface area contributed by atoms with Crippen LogP contribution in [-0.2, 0) is 24.3 Å². The zero-order valence-corrected chi connectivity index (χ0v) is 19.2. The van der Waals surface area contributed by atoms with E-state index in [1.165, 1.54) is 25.3 Å². The fourth-order valence-corrected chi connectivity index (χ4v) is 4.24. The molecule has 0 unspecified atom stereocenters. The number of methoxy groups -OCH3 is 1. The topological polar surface area (TPSA) is 150 Å². The molecule has 11 nitrogen and oxygen atoms in total. The molecule has 1 aliphatic heterocycles. The maximum Gasteiger partial charge on any atom is 0.339 e. The highest BCUT2D eigenvalue weighted by Gasteiger charge is 2.24. The average molecular weight is 480 g/mol. The lowest BCUT2D eigenvalue weighted by Crippen LogP contribution is -2.31. The third-order valence-corrected chi connectivity index (χ3v) is 6.30. The van der Waals surface area contributed by atoms with Crippen molar-refractivity contribution in [2.75, 3.05) is 33.5 Å². The van der Waals surface area contributed by atoms with E-state index >= 15 is 0 Å². The lowest BCUT2D eigenvalue weighted by Gasteiger charge is -2.11. The number of Topliss-reactive ketones (excluding diaryl/α,β-unsaturated/α-hetero) is 1. The van der Waals surface area contributed by atoms with Crippen LogP contribution in [0.2, 0.25) is 0 Å². The van der Waals surface area contributed by atoms with Gasteiger partial charge in [0.25, 0.3) is 0 Å². The normalized spacial score (nSPS) is 13.2. The van der Waals surface area contributed by atoms with E-state index in [9.17, 15) is 22.8 Å². The number of rotatable bonds is 8. The molecular formula is C21H24N2O9S. The summed E-state index contributed by atoms with van der Waals surface area (Å²) in [7, 11) is -2.81. The summed E-state index contributed by atoms with van der Waals surface area (Å²) in [6.07, 6.45) is 0.672. The Kier molecular flexibility index (Phi) is 7.39. The zero-order chi connectivity index (χ0) is 24.2. The van der Waals surface area contributed by atoms with Gasteiger partial charge >= 0.3 is 11.9 Å². The molecule has 1 aromatic carbocycles. The number of esters is 2. The van der Waals surface area contributed by atoms with Crippen LogP contribution in [0, 0.1) is 13.8 Å². The van der Waals surface area contributed by atoms with Crippen LogP contribution >= 0.6 is 0 Å². The average Bonchev–Trinajstić information content (AvgIpc) is 2.94. The number of aryl methyl sites for hydroxylation is 1. The summed E-state index contributed by atoms with van der Waals surface area (Å²) in [5, 5.41) is 0. The fraction of sp³-hybridized carbons (Fsp3) is 0.381. The lowest BCUT2D eigenvalue weighted by atomic mass is 10.1. The van der Waals surface area contributed by atoms with Crippen molar-refractivity contribution in [1.29, 1.82) is 0 Å². The quantitative estimate of drug-likeness (QED) is 0.421. The first-order chi connectivity index (χ1) is 15.6. The van der Waals surface area contributed by atoms with Crippen molar-refractivity contribution in [3.05, 3.63) is 40.7 Å². The second-order valence-electron chi connectivity index (χ2n) is 7.18. The molecule has 1 aliphatic rings. The van der Waals surface area contributed by atoms with Crippen LogP contribution in [0.15, 0.2) is 23.1 Å². The number of hydrogen-bond donors (Lipinski definition) is 2. The summed E-state index contributed by atoms with van der Waals surface area (Å²) < 4.78 is 47.7. The van der Waals surface area contributed by atoms with Crippen molar-refractivity contribution < 1.29 is 41.7 Å². The Balaban J connectivity index is 1.58. The molecular weight excluding hydrogens is 456 g/mol. The zero-order valence-electron chi connectivity index (χ0n) is 18.4. The van der Waals surface area contributed by atoms with Crippen LogP contribution in [0.25, 0.3) is 0 Å². The Hall–Kier alpha value is -3.38. The van der Waals surface area contributed by atoms with E-state index in [-0.39, 0.29) is 16.2 Å². The van der Waals surface area contributed by atoms with Gasteiger partial charge in [0.05, 0.1) is 36.5 Å². The first-order valence-electron chi connectivity index (χ1n) is 9.99. The van der Waals surface area contributed by atoms with Gasteiger partial charge in [0.1, 0.15) is 6.54 Å². The maximum absolute atomic E-state index is 12.5. The van der Waals surface area contributed by atoms with Crippen LogP contribution in [0.5, 0.6) is 11.5 Å². The standard InChI is InChI=1S/C21H24N2O9S/c1-12-19(21(26)29-3)13(2)23-20(12)15(24)11-32-18(25)10-22-33(27,28)14-5-6-16-17(9-14)31-8-4-7-30-16/h5-6,9,22-23H,4,7-8,10-11H2,1-3H3. The highest BCUT2D eigenvalue weighted by Crippen LogP contribution is 2.31. The predicted octanol–water partition coefficient (Wildman–Crippen LogP) is 1.28. The van der Waals surface area contributed by atoms with Gasteiger partial charge in [-0.1, -0.05) is 0 Å². The lowest BCUT2D eigenvalue weighted by molar-refractivity contribution is -0.141. The molecule has 0 amide bonds. The summed E-state index contributed by atoms with van der Waals surface area (Å²) in [6.45, 7) is 2.72. The van der Waals surface area contributed by atoms with Gasteiger partial charge in [-0.2, -0.15) is 4.72 Å². The number of carbonyl (C=O) groups excluding carboxylic acids is 3. The maximum atomic E-state index is 12.5. The number of nitrogens with one attached hydrogen (secondary N) is 2. The van der Waals surface area contributed by atoms with E-state index in [1.54, 1.807) is 13.8 Å². The van der Waals surface area contributed by atoms with Crippen LogP contribution in [0.3, 0.4) is 0 Å². The molecule has 0 spiro atoms. The van der Waals surface area contributed by atoms with Crippen molar-refractivity contribution in [3.63, 3.8) is 0 Å². The van der Waals surface area contributed by atoms with Crippen molar-refractivity contribution in [2.24, 2.45) is 0 Å². The van der Waals surface area contributed by atoms with E-state index in [2.05, 4.69) is 9.71 Å². The van der Waals surface area contributed by atoms with E-state index in [1.807, 2.05) is 0 Å². The third-order valence-electron chi connectivity index (χ3n) is 4.91. The highest BCUT2D eigenvalue weighted by molar-refractivity contribution is 7.89. The second kappa shape index (κ2) is 10.0. The number of ether oxygens (including phenoxy) is 4. The molecule has 0 atom stereocenters. The van der Waals surface area contributed by atoms with E-state index in [0.29, 0.717) is 42.4 Å². The molecule has 2 aromatic rings.